The molecule has 0 spiro atoms. The molecule has 1 aliphatic heterocycles. The first-order valence-corrected chi connectivity index (χ1v) is 5.30. The summed E-state index contributed by atoms with van der Waals surface area (Å²) in [6, 6.07) is 0.0190. The van der Waals surface area contributed by atoms with Gasteiger partial charge in [-0.3, -0.25) is 4.79 Å². The first kappa shape index (κ1) is 13.7. The molecule has 0 radical (unpaired) electrons. The highest BCUT2D eigenvalue weighted by Crippen LogP contribution is 2.01. The predicted molar refractivity (Wildman–Crippen MR) is 59.6 cm³/mol. The van der Waals surface area contributed by atoms with Crippen molar-refractivity contribution in [3.05, 3.63) is 0 Å². The number of carbonyl (C=O) groups is 2. The maximum absolute atomic E-state index is 11.4. The Balaban J connectivity index is 0.000000921. The largest absolute Gasteiger partial charge is 0.342 e. The molecule has 0 aromatic heterocycles. The molecule has 1 saturated heterocycles. The molecule has 0 unspecified atom stereocenters. The zero-order valence-corrected chi connectivity index (χ0v) is 10.1. The van der Waals surface area contributed by atoms with E-state index in [0.717, 1.165) is 6.41 Å². The van der Waals surface area contributed by atoms with E-state index in [1.54, 1.807) is 28.8 Å². The molecule has 3 amide bonds. The third-order valence-electron chi connectivity index (χ3n) is 2.12. The predicted octanol–water partition coefficient (Wildman–Crippen LogP) is 0.468. The maximum Gasteiger partial charge on any atom is 0.319 e. The monoisotopic (exact) mass is 215 g/mol. The average molecular weight is 215 g/mol. The van der Waals surface area contributed by atoms with Gasteiger partial charge in [-0.05, 0) is 0 Å². The van der Waals surface area contributed by atoms with E-state index in [0.29, 0.717) is 26.2 Å². The second kappa shape index (κ2) is 7.09. The lowest BCUT2D eigenvalue weighted by atomic mass is 10.3. The van der Waals surface area contributed by atoms with Gasteiger partial charge in [-0.1, -0.05) is 13.8 Å². The van der Waals surface area contributed by atoms with E-state index in [1.807, 2.05) is 13.8 Å². The quantitative estimate of drug-likeness (QED) is 0.597. The van der Waals surface area contributed by atoms with Crippen molar-refractivity contribution in [2.75, 3.05) is 40.3 Å². The standard InChI is InChI=1S/C8H15N3O2.C2H6/c1-9(2)8(13)11-5-3-10(7-12)4-6-11;1-2/h7H,3-6H2,1-2H3;1-2H3. The highest BCUT2D eigenvalue weighted by atomic mass is 16.2. The van der Waals surface area contributed by atoms with E-state index in [-0.39, 0.29) is 6.03 Å². The molecular weight excluding hydrogens is 194 g/mol. The molecule has 1 aliphatic rings. The Kier molecular flexibility index (Phi) is 6.49. The van der Waals surface area contributed by atoms with Crippen LogP contribution in [0.25, 0.3) is 0 Å². The maximum atomic E-state index is 11.4. The summed E-state index contributed by atoms with van der Waals surface area (Å²) in [4.78, 5) is 26.8. The fourth-order valence-corrected chi connectivity index (χ4v) is 1.30. The highest BCUT2D eigenvalue weighted by molar-refractivity contribution is 5.74. The van der Waals surface area contributed by atoms with Gasteiger partial charge in [-0.15, -0.1) is 0 Å². The number of nitrogens with zero attached hydrogens (tertiary/aromatic N) is 3. The van der Waals surface area contributed by atoms with Crippen LogP contribution in [0.3, 0.4) is 0 Å². The van der Waals surface area contributed by atoms with Gasteiger partial charge in [0.15, 0.2) is 0 Å². The summed E-state index contributed by atoms with van der Waals surface area (Å²) in [5, 5.41) is 0. The number of amides is 3. The Morgan fingerprint density at radius 1 is 1.13 bits per heavy atom. The summed E-state index contributed by atoms with van der Waals surface area (Å²) in [7, 11) is 3.46. The van der Waals surface area contributed by atoms with Gasteiger partial charge in [0.1, 0.15) is 0 Å². The van der Waals surface area contributed by atoms with Crippen LogP contribution >= 0.6 is 0 Å². The van der Waals surface area contributed by atoms with Crippen LogP contribution in [-0.2, 0) is 4.79 Å². The van der Waals surface area contributed by atoms with Gasteiger partial charge in [0.25, 0.3) is 0 Å². The van der Waals surface area contributed by atoms with Crippen LogP contribution < -0.4 is 0 Å². The van der Waals surface area contributed by atoms with E-state index in [4.69, 9.17) is 0 Å². The van der Waals surface area contributed by atoms with Crippen molar-refractivity contribution in [3.8, 4) is 0 Å². The molecule has 0 aliphatic carbocycles. The molecule has 88 valence electrons. The smallest absolute Gasteiger partial charge is 0.319 e. The molecule has 1 heterocycles. The molecule has 1 rings (SSSR count). The Hall–Kier alpha value is -1.26. The highest BCUT2D eigenvalue weighted by Gasteiger charge is 2.20. The normalized spacial score (nSPS) is 15.2. The second-order valence-corrected chi connectivity index (χ2v) is 3.31. The van der Waals surface area contributed by atoms with Crippen LogP contribution in [0, 0.1) is 0 Å². The first-order valence-electron chi connectivity index (χ1n) is 5.30. The number of piperazine rings is 1. The summed E-state index contributed by atoms with van der Waals surface area (Å²) in [6.45, 7) is 6.55. The van der Waals surface area contributed by atoms with Gasteiger partial charge in [-0.2, -0.15) is 0 Å². The van der Waals surface area contributed by atoms with Crippen LogP contribution in [0.2, 0.25) is 0 Å². The summed E-state index contributed by atoms with van der Waals surface area (Å²) >= 11 is 0. The van der Waals surface area contributed by atoms with Crippen molar-refractivity contribution in [2.45, 2.75) is 13.8 Å². The minimum atomic E-state index is 0.0190. The fourth-order valence-electron chi connectivity index (χ4n) is 1.30. The molecule has 1 fully saturated rings. The van der Waals surface area contributed by atoms with Crippen LogP contribution in [0.4, 0.5) is 4.79 Å². The van der Waals surface area contributed by atoms with Crippen molar-refractivity contribution < 1.29 is 9.59 Å². The van der Waals surface area contributed by atoms with E-state index < -0.39 is 0 Å². The van der Waals surface area contributed by atoms with Crippen molar-refractivity contribution in [2.24, 2.45) is 0 Å². The Morgan fingerprint density at radius 3 is 1.93 bits per heavy atom. The summed E-state index contributed by atoms with van der Waals surface area (Å²) in [5.74, 6) is 0. The van der Waals surface area contributed by atoms with E-state index in [1.165, 1.54) is 0 Å². The van der Waals surface area contributed by atoms with Crippen molar-refractivity contribution in [3.63, 3.8) is 0 Å². The van der Waals surface area contributed by atoms with E-state index in [2.05, 4.69) is 0 Å². The number of rotatable bonds is 1. The third kappa shape index (κ3) is 4.18. The van der Waals surface area contributed by atoms with Crippen molar-refractivity contribution in [1.29, 1.82) is 0 Å². The fraction of sp³-hybridized carbons (Fsp3) is 0.800. The molecule has 15 heavy (non-hydrogen) atoms. The van der Waals surface area contributed by atoms with E-state index in [9.17, 15) is 9.59 Å². The van der Waals surface area contributed by atoms with Gasteiger partial charge in [0.2, 0.25) is 6.41 Å². The zero-order chi connectivity index (χ0) is 11.8. The lowest BCUT2D eigenvalue weighted by molar-refractivity contribution is -0.119. The van der Waals surface area contributed by atoms with Crippen molar-refractivity contribution in [1.82, 2.24) is 14.7 Å². The van der Waals surface area contributed by atoms with Crippen LogP contribution in [-0.4, -0.2) is 67.4 Å². The number of hydrogen-bond donors (Lipinski definition) is 0. The zero-order valence-electron chi connectivity index (χ0n) is 10.1. The Bertz CT molecular complexity index is 199. The third-order valence-corrected chi connectivity index (χ3v) is 2.12. The molecule has 5 nitrogen and oxygen atoms in total. The molecule has 0 aromatic carbocycles. The molecule has 0 saturated carbocycles. The van der Waals surface area contributed by atoms with Gasteiger partial charge in [0.05, 0.1) is 0 Å². The lowest BCUT2D eigenvalue weighted by Gasteiger charge is -2.33. The molecule has 0 N–H and O–H groups in total. The topological polar surface area (TPSA) is 43.9 Å². The molecular formula is C10H21N3O2. The molecule has 0 aromatic rings. The van der Waals surface area contributed by atoms with Gasteiger partial charge < -0.3 is 14.7 Å². The van der Waals surface area contributed by atoms with Crippen molar-refractivity contribution >= 4 is 12.4 Å². The van der Waals surface area contributed by atoms with Gasteiger partial charge >= 0.3 is 6.03 Å². The first-order chi connectivity index (χ1) is 7.15. The minimum absolute atomic E-state index is 0.0190. The van der Waals surface area contributed by atoms with E-state index >= 15 is 0 Å². The lowest BCUT2D eigenvalue weighted by Crippen LogP contribution is -2.50. The summed E-state index contributed by atoms with van der Waals surface area (Å²) in [5.41, 5.74) is 0. The molecule has 0 bridgehead atoms. The number of urea groups is 1. The van der Waals surface area contributed by atoms with Gasteiger partial charge in [0, 0.05) is 40.3 Å². The summed E-state index contributed by atoms with van der Waals surface area (Å²) in [6.07, 6.45) is 0.831. The second-order valence-electron chi connectivity index (χ2n) is 3.31. The molecule has 0 atom stereocenters. The Labute approximate surface area is 91.6 Å². The average Bonchev–Trinajstić information content (AvgIpc) is 2.31. The Morgan fingerprint density at radius 2 is 1.60 bits per heavy atom. The van der Waals surface area contributed by atoms with Crippen LogP contribution in [0.1, 0.15) is 13.8 Å². The number of hydrogen-bond acceptors (Lipinski definition) is 2. The van der Waals surface area contributed by atoms with Crippen LogP contribution in [0.5, 0.6) is 0 Å². The number of carbonyl (C=O) groups excluding carboxylic acids is 2. The van der Waals surface area contributed by atoms with Crippen LogP contribution in [0.15, 0.2) is 0 Å². The minimum Gasteiger partial charge on any atom is -0.342 e. The van der Waals surface area contributed by atoms with Gasteiger partial charge in [-0.25, -0.2) is 4.79 Å². The SMILES string of the molecule is CC.CN(C)C(=O)N1CCN(C=O)CC1. The molecule has 5 heteroatoms. The summed E-state index contributed by atoms with van der Waals surface area (Å²) < 4.78 is 0.